The van der Waals surface area contributed by atoms with Gasteiger partial charge in [-0.05, 0) is 92.9 Å². The van der Waals surface area contributed by atoms with Crippen molar-refractivity contribution < 1.29 is 14.6 Å². The fraction of sp³-hybridized carbons (Fsp3) is 0.806. The Morgan fingerprint density at radius 1 is 1.17 bits per heavy atom. The predicted octanol–water partition coefficient (Wildman–Crippen LogP) is 6.25. The number of carbonyl (C=O) groups is 1. The second-order valence-electron chi connectivity index (χ2n) is 13.1. The summed E-state index contributed by atoms with van der Waals surface area (Å²) in [5.74, 6) is 3.97. The number of pyridine rings is 1. The van der Waals surface area contributed by atoms with Crippen LogP contribution in [-0.4, -0.2) is 34.6 Å². The highest BCUT2D eigenvalue weighted by molar-refractivity contribution is 5.79. The third kappa shape index (κ3) is 4.64. The van der Waals surface area contributed by atoms with Crippen molar-refractivity contribution >= 4 is 5.78 Å². The van der Waals surface area contributed by atoms with Crippen molar-refractivity contribution in [3.8, 4) is 5.75 Å². The molecule has 0 radical (unpaired) electrons. The van der Waals surface area contributed by atoms with E-state index in [0.717, 1.165) is 68.7 Å². The molecule has 0 saturated heterocycles. The molecule has 2 N–H and O–H groups in total. The Hall–Kier alpha value is -1.46. The Bertz CT molecular complexity index is 934. The number of rotatable bonds is 8. The van der Waals surface area contributed by atoms with Crippen molar-refractivity contribution in [2.24, 2.45) is 34.5 Å². The molecule has 4 aliphatic rings. The molecule has 1 aromatic heterocycles. The van der Waals surface area contributed by atoms with Crippen LogP contribution in [0.15, 0.2) is 18.3 Å². The van der Waals surface area contributed by atoms with Crippen LogP contribution in [-0.2, 0) is 4.79 Å². The molecule has 5 rings (SSSR count). The average molecular weight is 497 g/mol. The second-order valence-corrected chi connectivity index (χ2v) is 13.1. The monoisotopic (exact) mass is 496 g/mol. The highest BCUT2D eigenvalue weighted by Gasteiger charge is 2.61. The maximum atomic E-state index is 12.2. The fourth-order valence-electron chi connectivity index (χ4n) is 9.19. The highest BCUT2D eigenvalue weighted by Crippen LogP contribution is 2.66. The molecule has 1 aromatic rings. The second kappa shape index (κ2) is 10.4. The molecule has 5 nitrogen and oxygen atoms in total. The first-order valence-corrected chi connectivity index (χ1v) is 14.8. The molecule has 4 saturated carbocycles. The zero-order valence-corrected chi connectivity index (χ0v) is 23.0. The maximum Gasteiger partial charge on any atom is 0.133 e. The van der Waals surface area contributed by atoms with Gasteiger partial charge < -0.3 is 15.2 Å². The first-order valence-electron chi connectivity index (χ1n) is 14.8. The van der Waals surface area contributed by atoms with Crippen molar-refractivity contribution in [1.82, 2.24) is 10.3 Å². The van der Waals surface area contributed by atoms with E-state index < -0.39 is 0 Å². The molecular weight excluding hydrogens is 448 g/mol. The number of aromatic nitrogens is 1. The van der Waals surface area contributed by atoms with Gasteiger partial charge in [0.1, 0.15) is 11.5 Å². The normalized spacial score (nSPS) is 38.8. The molecule has 200 valence electrons. The molecule has 4 fully saturated rings. The van der Waals surface area contributed by atoms with Crippen molar-refractivity contribution in [3.05, 3.63) is 24.0 Å². The van der Waals surface area contributed by atoms with E-state index in [1.165, 1.54) is 19.3 Å². The van der Waals surface area contributed by atoms with Crippen LogP contribution in [0.3, 0.4) is 0 Å². The van der Waals surface area contributed by atoms with Crippen molar-refractivity contribution in [2.45, 2.75) is 117 Å². The number of fused-ring (bicyclic) bond motifs is 5. The smallest absolute Gasteiger partial charge is 0.133 e. The largest absolute Gasteiger partial charge is 0.493 e. The zero-order chi connectivity index (χ0) is 25.5. The number of nitrogens with one attached hydrogen (secondary N) is 1. The molecular formula is C31H48N2O3. The summed E-state index contributed by atoms with van der Waals surface area (Å²) >= 11 is 0. The lowest BCUT2D eigenvalue weighted by atomic mass is 9.44. The number of ketones is 1. The summed E-state index contributed by atoms with van der Waals surface area (Å²) in [7, 11) is 0. The van der Waals surface area contributed by atoms with Gasteiger partial charge in [0.15, 0.2) is 0 Å². The number of aliphatic hydroxyl groups is 1. The Balaban J connectivity index is 1.27. The minimum atomic E-state index is -0.210. The molecule has 0 amide bonds. The lowest BCUT2D eigenvalue weighted by Crippen LogP contribution is -2.55. The van der Waals surface area contributed by atoms with Crippen LogP contribution in [0.5, 0.6) is 5.75 Å². The summed E-state index contributed by atoms with van der Waals surface area (Å²) in [4.78, 5) is 16.8. The molecule has 8 atom stereocenters. The first-order chi connectivity index (χ1) is 17.3. The number of ether oxygens (including phenoxy) is 1. The van der Waals surface area contributed by atoms with Crippen LogP contribution in [0.2, 0.25) is 0 Å². The van der Waals surface area contributed by atoms with Crippen molar-refractivity contribution in [2.75, 3.05) is 6.61 Å². The van der Waals surface area contributed by atoms with Crippen LogP contribution in [0.25, 0.3) is 0 Å². The number of nitrogens with zero attached hydrogens (tertiary/aromatic N) is 1. The predicted molar refractivity (Wildman–Crippen MR) is 143 cm³/mol. The summed E-state index contributed by atoms with van der Waals surface area (Å²) in [5.41, 5.74) is 1.35. The number of hydrogen-bond acceptors (Lipinski definition) is 5. The van der Waals surface area contributed by atoms with E-state index in [2.05, 4.69) is 44.1 Å². The minimum Gasteiger partial charge on any atom is -0.493 e. The Labute approximate surface area is 218 Å². The van der Waals surface area contributed by atoms with Crippen LogP contribution in [0, 0.1) is 34.5 Å². The molecule has 0 spiro atoms. The van der Waals surface area contributed by atoms with E-state index in [9.17, 15) is 9.90 Å². The van der Waals surface area contributed by atoms with E-state index in [0.29, 0.717) is 41.6 Å². The van der Waals surface area contributed by atoms with E-state index in [1.807, 2.05) is 12.3 Å². The SMILES string of the molecule is CCC(NC(C)C)c1cc(OCC[C@]23CCC4C(CCC5CC(=O)CC[C@@]54C)C2CCC3O)ccn1. The first kappa shape index (κ1) is 26.2. The standard InChI is InChI=1S/C31H48N2O3/c1-5-27(33-20(2)3)28-19-23(12-16-32-28)36-17-15-31-14-11-25-24(26(31)8-9-29(31)35)7-6-21-18-22(34)10-13-30(21,25)4/h12,16,19-21,24-27,29,33,35H,5-11,13-15,17-18H2,1-4H3/t21?,24?,25?,26?,27?,29?,30-,31+/m0/s1. The van der Waals surface area contributed by atoms with Gasteiger partial charge in [-0.25, -0.2) is 0 Å². The van der Waals surface area contributed by atoms with Gasteiger partial charge >= 0.3 is 0 Å². The lowest BCUT2D eigenvalue weighted by Gasteiger charge is -2.60. The third-order valence-corrected chi connectivity index (χ3v) is 11.0. The summed E-state index contributed by atoms with van der Waals surface area (Å²) in [6, 6.07) is 4.69. The average Bonchev–Trinajstić information content (AvgIpc) is 3.19. The van der Waals surface area contributed by atoms with E-state index in [1.54, 1.807) is 0 Å². The van der Waals surface area contributed by atoms with Gasteiger partial charge in [0.05, 0.1) is 18.4 Å². The van der Waals surface area contributed by atoms with Gasteiger partial charge in [-0.1, -0.05) is 27.7 Å². The number of hydrogen-bond donors (Lipinski definition) is 2. The number of Topliss-reactive ketones (excluding diaryl/α,β-unsaturated/α-hetero) is 1. The van der Waals surface area contributed by atoms with Gasteiger partial charge in [-0.2, -0.15) is 0 Å². The molecule has 0 aliphatic heterocycles. The highest BCUT2D eigenvalue weighted by atomic mass is 16.5. The summed E-state index contributed by atoms with van der Waals surface area (Å²) in [6.07, 6.45) is 13.1. The summed E-state index contributed by atoms with van der Waals surface area (Å²) in [5, 5.41) is 14.9. The Kier molecular flexibility index (Phi) is 7.53. The zero-order valence-electron chi connectivity index (χ0n) is 23.0. The van der Waals surface area contributed by atoms with Crippen molar-refractivity contribution in [3.63, 3.8) is 0 Å². The number of aliphatic hydroxyl groups excluding tert-OH is 1. The third-order valence-electron chi connectivity index (χ3n) is 11.0. The minimum absolute atomic E-state index is 0.00411. The summed E-state index contributed by atoms with van der Waals surface area (Å²) in [6.45, 7) is 9.67. The van der Waals surface area contributed by atoms with Gasteiger partial charge in [0.2, 0.25) is 0 Å². The molecule has 4 aliphatic carbocycles. The van der Waals surface area contributed by atoms with Gasteiger partial charge in [0, 0.05) is 42.6 Å². The van der Waals surface area contributed by atoms with Gasteiger partial charge in [-0.3, -0.25) is 9.78 Å². The van der Waals surface area contributed by atoms with E-state index in [4.69, 9.17) is 4.74 Å². The molecule has 1 heterocycles. The Morgan fingerprint density at radius 3 is 2.78 bits per heavy atom. The van der Waals surface area contributed by atoms with Gasteiger partial charge in [0.25, 0.3) is 0 Å². The fourth-order valence-corrected chi connectivity index (χ4v) is 9.19. The molecule has 0 aromatic carbocycles. The molecule has 6 unspecified atom stereocenters. The van der Waals surface area contributed by atoms with E-state index >= 15 is 0 Å². The molecule has 36 heavy (non-hydrogen) atoms. The van der Waals surface area contributed by atoms with Crippen LogP contribution in [0.1, 0.15) is 110 Å². The van der Waals surface area contributed by atoms with Crippen LogP contribution in [0.4, 0.5) is 0 Å². The maximum absolute atomic E-state index is 12.2. The van der Waals surface area contributed by atoms with Gasteiger partial charge in [-0.15, -0.1) is 0 Å². The van der Waals surface area contributed by atoms with Crippen LogP contribution < -0.4 is 10.1 Å². The molecule has 5 heteroatoms. The topological polar surface area (TPSA) is 71.5 Å². The van der Waals surface area contributed by atoms with Crippen molar-refractivity contribution in [1.29, 1.82) is 0 Å². The summed E-state index contributed by atoms with van der Waals surface area (Å²) < 4.78 is 6.34. The number of carbonyl (C=O) groups excluding carboxylic acids is 1. The molecule has 0 bridgehead atoms. The van der Waals surface area contributed by atoms with E-state index in [-0.39, 0.29) is 17.6 Å². The van der Waals surface area contributed by atoms with Crippen LogP contribution >= 0.6 is 0 Å². The quantitative estimate of drug-likeness (QED) is 0.445. The Morgan fingerprint density at radius 2 is 2.00 bits per heavy atom. The lowest BCUT2D eigenvalue weighted by molar-refractivity contribution is -0.145.